The number of hydrogen-bond donors (Lipinski definition) is 0. The summed E-state index contributed by atoms with van der Waals surface area (Å²) >= 11 is 0. The lowest BCUT2D eigenvalue weighted by Gasteiger charge is -2.07. The maximum absolute atomic E-state index is 12.0. The van der Waals surface area contributed by atoms with Crippen LogP contribution < -0.4 is 4.74 Å². The number of halogens is 2. The molecule has 0 heterocycles. The number of ketones is 1. The highest BCUT2D eigenvalue weighted by Crippen LogP contribution is 2.21. The van der Waals surface area contributed by atoms with E-state index in [1.807, 2.05) is 0 Å². The highest BCUT2D eigenvalue weighted by atomic mass is 19.3. The van der Waals surface area contributed by atoms with Gasteiger partial charge < -0.3 is 4.74 Å². The summed E-state index contributed by atoms with van der Waals surface area (Å²) in [7, 11) is 0. The Balaban J connectivity index is 3.14. The molecule has 0 spiro atoms. The summed E-state index contributed by atoms with van der Waals surface area (Å²) < 4.78 is 28.0. The van der Waals surface area contributed by atoms with Crippen molar-refractivity contribution in [3.63, 3.8) is 0 Å². The quantitative estimate of drug-likeness (QED) is 0.721. The first kappa shape index (κ1) is 11.1. The number of carbonyl (C=O) groups is 1. The van der Waals surface area contributed by atoms with E-state index >= 15 is 0 Å². The molecular formula is C10H7F2NO2. The van der Waals surface area contributed by atoms with Crippen LogP contribution in [0.5, 0.6) is 5.75 Å². The van der Waals surface area contributed by atoms with Crippen LogP contribution in [0.1, 0.15) is 22.8 Å². The predicted molar refractivity (Wildman–Crippen MR) is 47.8 cm³/mol. The largest absolute Gasteiger partial charge is 0.433 e. The number of carbonyl (C=O) groups excluding carboxylic acids is 1. The Bertz CT molecular complexity index is 424. The van der Waals surface area contributed by atoms with E-state index in [0.717, 1.165) is 6.07 Å². The van der Waals surface area contributed by atoms with Crippen molar-refractivity contribution in [3.8, 4) is 11.8 Å². The van der Waals surface area contributed by atoms with Crippen molar-refractivity contribution in [2.24, 2.45) is 0 Å². The maximum Gasteiger partial charge on any atom is 0.387 e. The van der Waals surface area contributed by atoms with Crippen LogP contribution in [0.25, 0.3) is 0 Å². The van der Waals surface area contributed by atoms with Gasteiger partial charge in [-0.1, -0.05) is 0 Å². The standard InChI is InChI=1S/C10H7F2NO2/c1-6(14)7-2-3-8(5-13)9(4-7)15-10(11)12/h2-4,10H,1H3. The molecule has 0 aromatic heterocycles. The van der Waals surface area contributed by atoms with E-state index in [4.69, 9.17) is 5.26 Å². The minimum Gasteiger partial charge on any atom is -0.433 e. The van der Waals surface area contributed by atoms with Crippen LogP contribution in [-0.4, -0.2) is 12.4 Å². The molecule has 0 bridgehead atoms. The third kappa shape index (κ3) is 2.74. The van der Waals surface area contributed by atoms with Crippen LogP contribution in [-0.2, 0) is 0 Å². The molecule has 0 atom stereocenters. The van der Waals surface area contributed by atoms with Gasteiger partial charge in [0, 0.05) is 5.56 Å². The lowest BCUT2D eigenvalue weighted by atomic mass is 10.1. The van der Waals surface area contributed by atoms with Crippen LogP contribution in [0.4, 0.5) is 8.78 Å². The zero-order valence-electron chi connectivity index (χ0n) is 7.83. The number of nitriles is 1. The summed E-state index contributed by atoms with van der Waals surface area (Å²) in [5.74, 6) is -0.557. The van der Waals surface area contributed by atoms with Crippen LogP contribution in [0.3, 0.4) is 0 Å². The average Bonchev–Trinajstić information content (AvgIpc) is 2.16. The molecule has 0 N–H and O–H groups in total. The van der Waals surface area contributed by atoms with Crippen LogP contribution in [0, 0.1) is 11.3 Å². The van der Waals surface area contributed by atoms with Gasteiger partial charge in [-0.15, -0.1) is 0 Å². The minimum atomic E-state index is -3.01. The minimum absolute atomic E-state index is 0.0275. The molecule has 5 heteroatoms. The second-order valence-electron chi connectivity index (χ2n) is 2.76. The van der Waals surface area contributed by atoms with E-state index in [0.29, 0.717) is 0 Å². The summed E-state index contributed by atoms with van der Waals surface area (Å²) in [5, 5.41) is 8.60. The van der Waals surface area contributed by atoms with Crippen molar-refractivity contribution >= 4 is 5.78 Å². The number of nitrogens with zero attached hydrogens (tertiary/aromatic N) is 1. The van der Waals surface area contributed by atoms with Gasteiger partial charge >= 0.3 is 6.61 Å². The van der Waals surface area contributed by atoms with E-state index in [2.05, 4.69) is 4.74 Å². The summed E-state index contributed by atoms with van der Waals surface area (Å²) in [6.45, 7) is -1.72. The van der Waals surface area contributed by atoms with Gasteiger partial charge in [-0.2, -0.15) is 14.0 Å². The van der Waals surface area contributed by atoms with Crippen molar-refractivity contribution in [2.75, 3.05) is 0 Å². The van der Waals surface area contributed by atoms with Gasteiger partial charge in [0.05, 0.1) is 5.56 Å². The fraction of sp³-hybridized carbons (Fsp3) is 0.200. The van der Waals surface area contributed by atoms with Crippen LogP contribution in [0.2, 0.25) is 0 Å². The summed E-state index contributed by atoms with van der Waals surface area (Å²) in [5.41, 5.74) is 0.199. The molecule has 0 amide bonds. The fourth-order valence-corrected chi connectivity index (χ4v) is 1.03. The summed E-state index contributed by atoms with van der Waals surface area (Å²) in [6.07, 6.45) is 0. The molecule has 78 valence electrons. The zero-order valence-corrected chi connectivity index (χ0v) is 7.83. The van der Waals surface area contributed by atoms with E-state index in [9.17, 15) is 13.6 Å². The van der Waals surface area contributed by atoms with Gasteiger partial charge in [-0.3, -0.25) is 4.79 Å². The predicted octanol–water partition coefficient (Wildman–Crippen LogP) is 2.36. The van der Waals surface area contributed by atoms with E-state index in [1.165, 1.54) is 19.1 Å². The Morgan fingerprint density at radius 1 is 1.53 bits per heavy atom. The Hall–Kier alpha value is -1.96. The average molecular weight is 211 g/mol. The van der Waals surface area contributed by atoms with E-state index in [-0.39, 0.29) is 22.7 Å². The molecule has 0 aliphatic heterocycles. The van der Waals surface area contributed by atoms with Crippen molar-refractivity contribution in [1.82, 2.24) is 0 Å². The van der Waals surface area contributed by atoms with Gasteiger partial charge in [0.15, 0.2) is 5.78 Å². The molecule has 0 aliphatic carbocycles. The van der Waals surface area contributed by atoms with Gasteiger partial charge in [0.25, 0.3) is 0 Å². The Labute approximate surface area is 84.9 Å². The van der Waals surface area contributed by atoms with E-state index < -0.39 is 6.61 Å². The normalized spacial score (nSPS) is 9.80. The Morgan fingerprint density at radius 3 is 2.67 bits per heavy atom. The highest BCUT2D eigenvalue weighted by Gasteiger charge is 2.11. The molecule has 3 nitrogen and oxygen atoms in total. The number of rotatable bonds is 3. The fourth-order valence-electron chi connectivity index (χ4n) is 1.03. The number of alkyl halides is 2. The molecule has 0 unspecified atom stereocenters. The van der Waals surface area contributed by atoms with Crippen molar-refractivity contribution in [2.45, 2.75) is 13.5 Å². The molecule has 1 rings (SSSR count). The molecule has 0 aliphatic rings. The van der Waals surface area contributed by atoms with Gasteiger partial charge in [0.1, 0.15) is 11.8 Å². The van der Waals surface area contributed by atoms with Gasteiger partial charge in [-0.25, -0.2) is 0 Å². The maximum atomic E-state index is 12.0. The lowest BCUT2D eigenvalue weighted by Crippen LogP contribution is -2.04. The number of ether oxygens (including phenoxy) is 1. The van der Waals surface area contributed by atoms with Crippen molar-refractivity contribution in [3.05, 3.63) is 29.3 Å². The van der Waals surface area contributed by atoms with Crippen LogP contribution >= 0.6 is 0 Å². The number of Topliss-reactive ketones (excluding diaryl/α,β-unsaturated/α-hetero) is 1. The lowest BCUT2D eigenvalue weighted by molar-refractivity contribution is -0.0500. The second kappa shape index (κ2) is 4.51. The van der Waals surface area contributed by atoms with Gasteiger partial charge in [-0.05, 0) is 25.1 Å². The molecule has 1 aromatic carbocycles. The summed E-state index contributed by atoms with van der Waals surface area (Å²) in [4.78, 5) is 11.0. The zero-order chi connectivity index (χ0) is 11.4. The van der Waals surface area contributed by atoms with Gasteiger partial charge in [0.2, 0.25) is 0 Å². The van der Waals surface area contributed by atoms with Crippen molar-refractivity contribution < 1.29 is 18.3 Å². The van der Waals surface area contributed by atoms with Crippen LogP contribution in [0.15, 0.2) is 18.2 Å². The second-order valence-corrected chi connectivity index (χ2v) is 2.76. The third-order valence-corrected chi connectivity index (χ3v) is 1.72. The molecule has 15 heavy (non-hydrogen) atoms. The molecular weight excluding hydrogens is 204 g/mol. The third-order valence-electron chi connectivity index (χ3n) is 1.72. The molecule has 0 saturated heterocycles. The summed E-state index contributed by atoms with van der Waals surface area (Å²) in [6, 6.07) is 5.49. The Kier molecular flexibility index (Phi) is 3.34. The number of hydrogen-bond acceptors (Lipinski definition) is 3. The monoisotopic (exact) mass is 211 g/mol. The number of benzene rings is 1. The van der Waals surface area contributed by atoms with Crippen molar-refractivity contribution in [1.29, 1.82) is 5.26 Å². The Morgan fingerprint density at radius 2 is 2.20 bits per heavy atom. The first-order valence-corrected chi connectivity index (χ1v) is 4.04. The molecule has 0 fully saturated rings. The molecule has 0 radical (unpaired) electrons. The van der Waals surface area contributed by atoms with E-state index in [1.54, 1.807) is 6.07 Å². The molecule has 1 aromatic rings. The smallest absolute Gasteiger partial charge is 0.387 e. The first-order chi connectivity index (χ1) is 7.04. The SMILES string of the molecule is CC(=O)c1ccc(C#N)c(OC(F)F)c1. The topological polar surface area (TPSA) is 50.1 Å². The molecule has 0 saturated carbocycles. The highest BCUT2D eigenvalue weighted by molar-refractivity contribution is 5.94. The first-order valence-electron chi connectivity index (χ1n) is 4.04.